The van der Waals surface area contributed by atoms with Crippen LogP contribution in [-0.2, 0) is 23.9 Å². The van der Waals surface area contributed by atoms with Crippen molar-refractivity contribution in [3.05, 3.63) is 35.9 Å². The molecule has 0 bridgehead atoms. The summed E-state index contributed by atoms with van der Waals surface area (Å²) in [6, 6.07) is 9.49. The van der Waals surface area contributed by atoms with E-state index in [-0.39, 0.29) is 31.4 Å². The van der Waals surface area contributed by atoms with Gasteiger partial charge >= 0.3 is 5.97 Å². The van der Waals surface area contributed by atoms with Crippen LogP contribution in [0.5, 0.6) is 0 Å². The Bertz CT molecular complexity index is 690. The maximum atomic E-state index is 12.2. The number of hydrazone groups is 1. The maximum absolute atomic E-state index is 12.2. The number of carbonyl (C=O) groups is 3. The third-order valence-corrected chi connectivity index (χ3v) is 3.93. The Balaban J connectivity index is 1.70. The minimum absolute atomic E-state index is 0.00784. The van der Waals surface area contributed by atoms with Gasteiger partial charge in [-0.1, -0.05) is 30.3 Å². The first kappa shape index (κ1) is 20.6. The van der Waals surface area contributed by atoms with E-state index < -0.39 is 11.9 Å². The molecule has 27 heavy (non-hydrogen) atoms. The lowest BCUT2D eigenvalue weighted by Crippen LogP contribution is -2.38. The average molecular weight is 375 g/mol. The molecule has 0 saturated heterocycles. The van der Waals surface area contributed by atoms with E-state index in [0.717, 1.165) is 11.3 Å². The minimum Gasteiger partial charge on any atom is -0.456 e. The molecule has 0 aliphatic carbocycles. The van der Waals surface area contributed by atoms with Crippen LogP contribution in [0.3, 0.4) is 0 Å². The summed E-state index contributed by atoms with van der Waals surface area (Å²) >= 11 is 0. The normalized spacial score (nSPS) is 14.4. The molecule has 0 aromatic heterocycles. The average Bonchev–Trinajstić information content (AvgIpc) is 3.15. The highest BCUT2D eigenvalue weighted by Crippen LogP contribution is 2.15. The standard InChI is InChI=1S/C19H25N3O5/c1-14(12-26-2)20-17(23)13-27-19(25)9-8-18(24)22-11-10-16(21-22)15-6-4-3-5-7-15/h3-7,14H,8-13H2,1-2H3,(H,20,23). The number of nitrogens with one attached hydrogen (secondary N) is 1. The molecular formula is C19H25N3O5. The molecular weight excluding hydrogens is 350 g/mol. The summed E-state index contributed by atoms with van der Waals surface area (Å²) in [6.45, 7) is 2.27. The van der Waals surface area contributed by atoms with Gasteiger partial charge in [0, 0.05) is 26.0 Å². The first-order chi connectivity index (χ1) is 13.0. The molecule has 0 spiro atoms. The smallest absolute Gasteiger partial charge is 0.306 e. The molecule has 1 aromatic carbocycles. The van der Waals surface area contributed by atoms with Gasteiger partial charge in [0.05, 0.1) is 25.3 Å². The first-order valence-corrected chi connectivity index (χ1v) is 8.86. The molecule has 0 radical (unpaired) electrons. The van der Waals surface area contributed by atoms with Crippen LogP contribution in [0.25, 0.3) is 0 Å². The van der Waals surface area contributed by atoms with Gasteiger partial charge < -0.3 is 14.8 Å². The predicted molar refractivity (Wildman–Crippen MR) is 99.0 cm³/mol. The van der Waals surface area contributed by atoms with E-state index in [4.69, 9.17) is 9.47 Å². The van der Waals surface area contributed by atoms with Crippen LogP contribution in [0.2, 0.25) is 0 Å². The van der Waals surface area contributed by atoms with E-state index in [2.05, 4.69) is 10.4 Å². The molecule has 8 heteroatoms. The van der Waals surface area contributed by atoms with Crippen LogP contribution in [0, 0.1) is 0 Å². The van der Waals surface area contributed by atoms with Crippen LogP contribution < -0.4 is 5.32 Å². The van der Waals surface area contributed by atoms with E-state index >= 15 is 0 Å². The van der Waals surface area contributed by atoms with Crippen molar-refractivity contribution >= 4 is 23.5 Å². The molecule has 0 fully saturated rings. The van der Waals surface area contributed by atoms with E-state index in [1.165, 1.54) is 12.1 Å². The number of ether oxygens (including phenoxy) is 2. The maximum Gasteiger partial charge on any atom is 0.306 e. The summed E-state index contributed by atoms with van der Waals surface area (Å²) in [5, 5.41) is 8.35. The van der Waals surface area contributed by atoms with Gasteiger partial charge in [-0.15, -0.1) is 0 Å². The monoisotopic (exact) mass is 375 g/mol. The van der Waals surface area contributed by atoms with E-state index in [9.17, 15) is 14.4 Å². The topological polar surface area (TPSA) is 97.3 Å². The molecule has 1 aliphatic heterocycles. The van der Waals surface area contributed by atoms with Crippen LogP contribution in [0.4, 0.5) is 0 Å². The van der Waals surface area contributed by atoms with Gasteiger partial charge in [-0.2, -0.15) is 5.10 Å². The fourth-order valence-corrected chi connectivity index (χ4v) is 2.64. The number of hydrogen-bond acceptors (Lipinski definition) is 6. The SMILES string of the molecule is COCC(C)NC(=O)COC(=O)CCC(=O)N1CCC(c2ccccc2)=N1. The number of rotatable bonds is 9. The Labute approximate surface area is 158 Å². The zero-order valence-corrected chi connectivity index (χ0v) is 15.6. The number of hydrogen-bond donors (Lipinski definition) is 1. The van der Waals surface area contributed by atoms with Gasteiger partial charge in [0.25, 0.3) is 5.91 Å². The fraction of sp³-hybridized carbons (Fsp3) is 0.474. The highest BCUT2D eigenvalue weighted by Gasteiger charge is 2.22. The third kappa shape index (κ3) is 6.82. The van der Waals surface area contributed by atoms with Crippen molar-refractivity contribution in [3.8, 4) is 0 Å². The Morgan fingerprint density at radius 3 is 2.67 bits per heavy atom. The lowest BCUT2D eigenvalue weighted by Gasteiger charge is -2.13. The summed E-state index contributed by atoms with van der Waals surface area (Å²) in [4.78, 5) is 35.5. The van der Waals surface area contributed by atoms with Crippen molar-refractivity contribution in [2.45, 2.75) is 32.2 Å². The zero-order chi connectivity index (χ0) is 19.6. The first-order valence-electron chi connectivity index (χ1n) is 8.86. The quantitative estimate of drug-likeness (QED) is 0.652. The highest BCUT2D eigenvalue weighted by atomic mass is 16.5. The molecule has 146 valence electrons. The molecule has 1 aromatic rings. The van der Waals surface area contributed by atoms with E-state index in [1.807, 2.05) is 30.3 Å². The fourth-order valence-electron chi connectivity index (χ4n) is 2.64. The summed E-state index contributed by atoms with van der Waals surface area (Å²) < 4.78 is 9.79. The van der Waals surface area contributed by atoms with Gasteiger partial charge in [0.1, 0.15) is 0 Å². The van der Waals surface area contributed by atoms with Crippen LogP contribution in [-0.4, -0.2) is 61.4 Å². The largest absolute Gasteiger partial charge is 0.456 e. The molecule has 8 nitrogen and oxygen atoms in total. The molecule has 1 unspecified atom stereocenters. The summed E-state index contributed by atoms with van der Waals surface area (Å²) in [5.41, 5.74) is 1.84. The van der Waals surface area contributed by atoms with Gasteiger partial charge in [-0.05, 0) is 12.5 Å². The molecule has 0 saturated carbocycles. The Kier molecular flexibility index (Phi) is 7.94. The summed E-state index contributed by atoms with van der Waals surface area (Å²) in [6.07, 6.45) is 0.582. The number of esters is 1. The van der Waals surface area contributed by atoms with Gasteiger partial charge in [0.2, 0.25) is 5.91 Å². The highest BCUT2D eigenvalue weighted by molar-refractivity contribution is 6.02. The van der Waals surface area contributed by atoms with Crippen molar-refractivity contribution in [3.63, 3.8) is 0 Å². The number of nitrogens with zero attached hydrogens (tertiary/aromatic N) is 2. The van der Waals surface area contributed by atoms with Gasteiger partial charge in [-0.3, -0.25) is 14.4 Å². The molecule has 1 atom stereocenters. The summed E-state index contributed by atoms with van der Waals surface area (Å²) in [5.74, 6) is -1.24. The lowest BCUT2D eigenvalue weighted by molar-refractivity contribution is -0.150. The molecule has 1 N–H and O–H groups in total. The molecule has 2 amide bonds. The van der Waals surface area contributed by atoms with Crippen LogP contribution in [0.15, 0.2) is 35.4 Å². The van der Waals surface area contributed by atoms with E-state index in [0.29, 0.717) is 19.6 Å². The summed E-state index contributed by atoms with van der Waals surface area (Å²) in [7, 11) is 1.53. The number of amides is 2. The Morgan fingerprint density at radius 1 is 1.22 bits per heavy atom. The van der Waals surface area contributed by atoms with E-state index in [1.54, 1.807) is 6.92 Å². The minimum atomic E-state index is -0.593. The van der Waals surface area contributed by atoms with Crippen LogP contribution >= 0.6 is 0 Å². The zero-order valence-electron chi connectivity index (χ0n) is 15.6. The second-order valence-electron chi connectivity index (χ2n) is 6.26. The Hall–Kier alpha value is -2.74. The van der Waals surface area contributed by atoms with Crippen molar-refractivity contribution in [1.82, 2.24) is 10.3 Å². The van der Waals surface area contributed by atoms with Gasteiger partial charge in [-0.25, -0.2) is 5.01 Å². The number of methoxy groups -OCH3 is 1. The number of benzene rings is 1. The van der Waals surface area contributed by atoms with Crippen molar-refractivity contribution in [1.29, 1.82) is 0 Å². The Morgan fingerprint density at radius 2 is 1.96 bits per heavy atom. The van der Waals surface area contributed by atoms with Gasteiger partial charge in [0.15, 0.2) is 6.61 Å². The van der Waals surface area contributed by atoms with Crippen molar-refractivity contribution < 1.29 is 23.9 Å². The molecule has 1 heterocycles. The third-order valence-electron chi connectivity index (χ3n) is 3.93. The van der Waals surface area contributed by atoms with Crippen LogP contribution in [0.1, 0.15) is 31.7 Å². The van der Waals surface area contributed by atoms with Crippen molar-refractivity contribution in [2.75, 3.05) is 26.9 Å². The molecule has 2 rings (SSSR count). The molecule has 1 aliphatic rings. The second kappa shape index (κ2) is 10.4. The predicted octanol–water partition coefficient (Wildman–Crippen LogP) is 1.10. The number of carbonyl (C=O) groups excluding carboxylic acids is 3. The van der Waals surface area contributed by atoms with Crippen molar-refractivity contribution in [2.24, 2.45) is 5.10 Å². The lowest BCUT2D eigenvalue weighted by atomic mass is 10.1. The second-order valence-corrected chi connectivity index (χ2v) is 6.26.